The molecule has 1 aromatic heterocycles. The molecule has 4 rings (SSSR count). The minimum Gasteiger partial charge on any atom is -1.00 e. The maximum atomic E-state index is 10.9. The third-order valence-corrected chi connectivity index (χ3v) is 4.90. The van der Waals surface area contributed by atoms with Crippen LogP contribution >= 0.6 is 11.3 Å². The van der Waals surface area contributed by atoms with Crippen LogP contribution in [0.4, 0.5) is 11.4 Å². The standard InChI is InChI=1S/C21H15N3O2S.BrH/c25-24(26)19-13-11-16(12-14-19)20-15-27-21(22-17-7-3-1-4-8-17)23(20)18-9-5-2-6-10-18;/h1-15H;1H/p-1. The van der Waals surface area contributed by atoms with Gasteiger partial charge in [0.05, 0.1) is 16.3 Å². The molecular weight excluding hydrogens is 438 g/mol. The Hall–Kier alpha value is -3.03. The van der Waals surface area contributed by atoms with Crippen LogP contribution in [-0.4, -0.2) is 9.49 Å². The highest BCUT2D eigenvalue weighted by Crippen LogP contribution is 2.26. The minimum absolute atomic E-state index is 0. The lowest BCUT2D eigenvalue weighted by atomic mass is 10.1. The molecule has 4 aromatic rings. The molecule has 5 nitrogen and oxygen atoms in total. The summed E-state index contributed by atoms with van der Waals surface area (Å²) in [5, 5.41) is 13.0. The number of non-ortho nitro benzene ring substituents is 1. The summed E-state index contributed by atoms with van der Waals surface area (Å²) in [6.45, 7) is 0. The van der Waals surface area contributed by atoms with E-state index < -0.39 is 4.92 Å². The van der Waals surface area contributed by atoms with Gasteiger partial charge in [0.1, 0.15) is 0 Å². The van der Waals surface area contributed by atoms with Gasteiger partial charge < -0.3 is 17.0 Å². The van der Waals surface area contributed by atoms with Crippen LogP contribution in [0.3, 0.4) is 0 Å². The molecule has 0 fully saturated rings. The molecule has 0 saturated carbocycles. The van der Waals surface area contributed by atoms with Crippen LogP contribution in [0.1, 0.15) is 0 Å². The second-order valence-electron chi connectivity index (χ2n) is 5.83. The van der Waals surface area contributed by atoms with Gasteiger partial charge in [-0.05, 0) is 42.0 Å². The number of nitro groups is 1. The zero-order valence-electron chi connectivity index (χ0n) is 14.6. The smallest absolute Gasteiger partial charge is 0.269 e. The van der Waals surface area contributed by atoms with E-state index in [9.17, 15) is 10.1 Å². The van der Waals surface area contributed by atoms with Gasteiger partial charge in [-0.15, -0.1) is 11.3 Å². The minimum atomic E-state index is -0.390. The van der Waals surface area contributed by atoms with Crippen molar-refractivity contribution < 1.29 is 21.9 Å². The summed E-state index contributed by atoms with van der Waals surface area (Å²) in [5.74, 6) is 0. The molecule has 0 bridgehead atoms. The Kier molecular flexibility index (Phi) is 6.18. The number of nitro benzene ring substituents is 1. The third-order valence-electron chi connectivity index (χ3n) is 4.08. The van der Waals surface area contributed by atoms with E-state index >= 15 is 0 Å². The lowest BCUT2D eigenvalue weighted by Crippen LogP contribution is -3.00. The molecule has 0 unspecified atom stereocenters. The lowest BCUT2D eigenvalue weighted by Gasteiger charge is -2.09. The highest BCUT2D eigenvalue weighted by atomic mass is 79.9. The van der Waals surface area contributed by atoms with Crippen LogP contribution in [0.15, 0.2) is 95.3 Å². The number of thiazole rings is 1. The lowest BCUT2D eigenvalue weighted by molar-refractivity contribution is -0.384. The topological polar surface area (TPSA) is 60.4 Å². The number of hydrogen-bond acceptors (Lipinski definition) is 4. The van der Waals surface area contributed by atoms with Gasteiger partial charge in [-0.3, -0.25) is 14.7 Å². The molecular formula is C21H15BrN3O2S-. The molecule has 1 heterocycles. The second kappa shape index (κ2) is 8.77. The van der Waals surface area contributed by atoms with Crippen molar-refractivity contribution in [1.29, 1.82) is 0 Å². The van der Waals surface area contributed by atoms with Crippen LogP contribution in [0.25, 0.3) is 16.9 Å². The van der Waals surface area contributed by atoms with Crippen LogP contribution in [0.2, 0.25) is 0 Å². The van der Waals surface area contributed by atoms with Gasteiger partial charge in [-0.2, -0.15) is 0 Å². The van der Waals surface area contributed by atoms with Crippen molar-refractivity contribution in [3.63, 3.8) is 0 Å². The summed E-state index contributed by atoms with van der Waals surface area (Å²) in [5.41, 5.74) is 3.78. The van der Waals surface area contributed by atoms with Crippen LogP contribution in [0, 0.1) is 10.1 Å². The molecule has 0 spiro atoms. The fourth-order valence-corrected chi connectivity index (χ4v) is 3.71. The third kappa shape index (κ3) is 4.11. The van der Waals surface area contributed by atoms with Crippen molar-refractivity contribution in [2.45, 2.75) is 0 Å². The van der Waals surface area contributed by atoms with Crippen LogP contribution in [-0.2, 0) is 0 Å². The summed E-state index contributed by atoms with van der Waals surface area (Å²) in [6, 6.07) is 26.3. The first kappa shape index (κ1) is 19.7. The van der Waals surface area contributed by atoms with E-state index in [0.717, 1.165) is 27.4 Å². The predicted molar refractivity (Wildman–Crippen MR) is 107 cm³/mol. The van der Waals surface area contributed by atoms with E-state index in [-0.39, 0.29) is 22.7 Å². The van der Waals surface area contributed by atoms with Crippen molar-refractivity contribution in [3.8, 4) is 16.9 Å². The van der Waals surface area contributed by atoms with Gasteiger partial charge in [-0.1, -0.05) is 36.4 Å². The zero-order valence-corrected chi connectivity index (χ0v) is 17.0. The molecule has 0 N–H and O–H groups in total. The average Bonchev–Trinajstić information content (AvgIpc) is 3.13. The Morgan fingerprint density at radius 3 is 2.07 bits per heavy atom. The number of nitrogens with zero attached hydrogens (tertiary/aromatic N) is 3. The van der Waals surface area contributed by atoms with Gasteiger partial charge >= 0.3 is 0 Å². The van der Waals surface area contributed by atoms with Crippen molar-refractivity contribution in [3.05, 3.63) is 105 Å². The quantitative estimate of drug-likeness (QED) is 0.352. The first-order valence-electron chi connectivity index (χ1n) is 8.33. The van der Waals surface area contributed by atoms with Gasteiger partial charge in [0.15, 0.2) is 4.80 Å². The number of halogens is 1. The fraction of sp³-hybridized carbons (Fsp3) is 0. The van der Waals surface area contributed by atoms with Gasteiger partial charge in [-0.25, -0.2) is 4.99 Å². The Morgan fingerprint density at radius 2 is 1.46 bits per heavy atom. The van der Waals surface area contributed by atoms with E-state index in [2.05, 4.69) is 4.57 Å². The number of aromatic nitrogens is 1. The molecule has 0 aliphatic rings. The summed E-state index contributed by atoms with van der Waals surface area (Å²) in [6.07, 6.45) is 0. The maximum Gasteiger partial charge on any atom is 0.269 e. The summed E-state index contributed by atoms with van der Waals surface area (Å²) >= 11 is 1.53. The monoisotopic (exact) mass is 452 g/mol. The Labute approximate surface area is 176 Å². The van der Waals surface area contributed by atoms with Crippen LogP contribution in [0.5, 0.6) is 0 Å². The van der Waals surface area contributed by atoms with Gasteiger partial charge in [0.25, 0.3) is 5.69 Å². The van der Waals surface area contributed by atoms with E-state index in [1.165, 1.54) is 23.5 Å². The first-order valence-corrected chi connectivity index (χ1v) is 9.21. The van der Waals surface area contributed by atoms with E-state index in [4.69, 9.17) is 4.99 Å². The summed E-state index contributed by atoms with van der Waals surface area (Å²) in [7, 11) is 0. The molecule has 0 aliphatic heterocycles. The molecule has 140 valence electrons. The normalized spacial score (nSPS) is 11.1. The van der Waals surface area contributed by atoms with Gasteiger partial charge in [0, 0.05) is 23.2 Å². The maximum absolute atomic E-state index is 10.9. The largest absolute Gasteiger partial charge is 1.00 e. The highest BCUT2D eigenvalue weighted by Gasteiger charge is 2.12. The van der Waals surface area contributed by atoms with Crippen molar-refractivity contribution in [1.82, 2.24) is 4.57 Å². The molecule has 0 amide bonds. The molecule has 7 heteroatoms. The van der Waals surface area contributed by atoms with E-state index in [1.54, 1.807) is 12.1 Å². The van der Waals surface area contributed by atoms with Gasteiger partial charge in [0.2, 0.25) is 0 Å². The second-order valence-corrected chi connectivity index (χ2v) is 6.66. The molecule has 0 aliphatic carbocycles. The highest BCUT2D eigenvalue weighted by molar-refractivity contribution is 7.07. The van der Waals surface area contributed by atoms with Crippen molar-refractivity contribution in [2.24, 2.45) is 4.99 Å². The summed E-state index contributed by atoms with van der Waals surface area (Å²) < 4.78 is 2.07. The fourth-order valence-electron chi connectivity index (χ4n) is 2.78. The predicted octanol–water partition coefficient (Wildman–Crippen LogP) is 2.35. The number of hydrogen-bond donors (Lipinski definition) is 0. The number of para-hydroxylation sites is 2. The molecule has 0 radical (unpaired) electrons. The molecule has 28 heavy (non-hydrogen) atoms. The van der Waals surface area contributed by atoms with Crippen LogP contribution < -0.4 is 21.8 Å². The SMILES string of the molecule is O=[N+]([O-])c1ccc(-c2csc(=Nc3ccccc3)n2-c2ccccc2)cc1.[Br-]. The first-order chi connectivity index (χ1) is 13.2. The van der Waals surface area contributed by atoms with Crippen molar-refractivity contribution >= 4 is 22.7 Å². The molecule has 3 aromatic carbocycles. The zero-order chi connectivity index (χ0) is 18.6. The van der Waals surface area contributed by atoms with E-state index in [0.29, 0.717) is 0 Å². The van der Waals surface area contributed by atoms with Crippen molar-refractivity contribution in [2.75, 3.05) is 0 Å². The Bertz CT molecular complexity index is 1140. The number of benzene rings is 3. The summed E-state index contributed by atoms with van der Waals surface area (Å²) in [4.78, 5) is 16.2. The average molecular weight is 453 g/mol. The molecule has 0 saturated heterocycles. The molecule has 0 atom stereocenters. The number of rotatable bonds is 4. The Morgan fingerprint density at radius 1 is 0.857 bits per heavy atom. The Balaban J connectivity index is 0.00000225. The van der Waals surface area contributed by atoms with E-state index in [1.807, 2.05) is 66.0 Å².